The average Bonchev–Trinajstić information content (AvgIpc) is 2.36. The number of hydrogen-bond acceptors (Lipinski definition) is 4. The lowest BCUT2D eigenvalue weighted by molar-refractivity contribution is 0.00449. The maximum atomic E-state index is 11.5. The van der Waals surface area contributed by atoms with E-state index in [1.807, 2.05) is 0 Å². The first-order valence-electron chi connectivity index (χ1n) is 8.05. The van der Waals surface area contributed by atoms with Gasteiger partial charge in [-0.2, -0.15) is 0 Å². The smallest absolute Gasteiger partial charge is 0.209 e. The van der Waals surface area contributed by atoms with Crippen molar-refractivity contribution in [3.8, 4) is 0 Å². The fourth-order valence-corrected chi connectivity index (χ4v) is 3.92. The van der Waals surface area contributed by atoms with Crippen LogP contribution in [-0.2, 0) is 19.5 Å². The Morgan fingerprint density at radius 2 is 1.48 bits per heavy atom. The third-order valence-electron chi connectivity index (χ3n) is 3.49. The summed E-state index contributed by atoms with van der Waals surface area (Å²) < 4.78 is 34.1. The van der Waals surface area contributed by atoms with Crippen molar-refractivity contribution >= 4 is 10.0 Å². The summed E-state index contributed by atoms with van der Waals surface area (Å²) in [5.74, 6) is -0.00162. The summed E-state index contributed by atoms with van der Waals surface area (Å²) in [6, 6.07) is 0. The molecule has 0 amide bonds. The summed E-state index contributed by atoms with van der Waals surface area (Å²) in [7, 11) is -3.49. The summed E-state index contributed by atoms with van der Waals surface area (Å²) in [6.45, 7) is 8.49. The molecule has 0 aromatic rings. The molecule has 0 bridgehead atoms. The Bertz CT molecular complexity index is 338. The second-order valence-corrected chi connectivity index (χ2v) is 7.44. The van der Waals surface area contributed by atoms with Gasteiger partial charge >= 0.3 is 0 Å². The lowest BCUT2D eigenvalue weighted by Gasteiger charge is -2.32. The van der Waals surface area contributed by atoms with Gasteiger partial charge in [0.25, 0.3) is 0 Å². The van der Waals surface area contributed by atoms with Gasteiger partial charge < -0.3 is 9.47 Å². The highest BCUT2D eigenvalue weighted by Crippen LogP contribution is 2.31. The first-order valence-corrected chi connectivity index (χ1v) is 9.76. The van der Waals surface area contributed by atoms with Crippen molar-refractivity contribution in [2.45, 2.75) is 59.3 Å². The molecular formula is C15H33NO4S. The zero-order valence-electron chi connectivity index (χ0n) is 13.9. The summed E-state index contributed by atoms with van der Waals surface area (Å²) in [6.07, 6.45) is 5.64. The molecule has 6 heteroatoms. The van der Waals surface area contributed by atoms with Crippen LogP contribution in [0.15, 0.2) is 0 Å². The summed E-state index contributed by atoms with van der Waals surface area (Å²) in [4.78, 5) is 0. The van der Waals surface area contributed by atoms with E-state index in [1.54, 1.807) is 0 Å². The molecule has 0 aliphatic carbocycles. The Labute approximate surface area is 130 Å². The minimum Gasteiger partial charge on any atom is -0.379 e. The molecule has 21 heavy (non-hydrogen) atoms. The van der Waals surface area contributed by atoms with Crippen molar-refractivity contribution < 1.29 is 17.9 Å². The van der Waals surface area contributed by atoms with Crippen LogP contribution in [0.4, 0.5) is 0 Å². The normalized spacial score (nSPS) is 12.8. The summed E-state index contributed by atoms with van der Waals surface area (Å²) >= 11 is 0. The molecule has 0 fully saturated rings. The molecule has 0 aromatic carbocycles. The summed E-state index contributed by atoms with van der Waals surface area (Å²) in [5, 5.41) is 5.26. The van der Waals surface area contributed by atoms with E-state index in [9.17, 15) is 8.42 Å². The molecule has 2 N–H and O–H groups in total. The van der Waals surface area contributed by atoms with Crippen LogP contribution in [0.5, 0.6) is 0 Å². The molecule has 0 rings (SSSR count). The predicted molar refractivity (Wildman–Crippen MR) is 86.8 cm³/mol. The molecule has 0 aliphatic heterocycles. The van der Waals surface area contributed by atoms with Gasteiger partial charge in [-0.05, 0) is 19.3 Å². The fourth-order valence-electron chi connectivity index (χ4n) is 2.70. The highest BCUT2D eigenvalue weighted by molar-refractivity contribution is 7.89. The maximum absolute atomic E-state index is 11.5. The highest BCUT2D eigenvalue weighted by Gasteiger charge is 2.33. The molecule has 0 aromatic heterocycles. The summed E-state index contributed by atoms with van der Waals surface area (Å²) in [5.41, 5.74) is -0.361. The van der Waals surface area contributed by atoms with Crippen molar-refractivity contribution in [2.75, 3.05) is 32.2 Å². The lowest BCUT2D eigenvalue weighted by Crippen LogP contribution is -2.38. The third kappa shape index (κ3) is 11.1. The Hall–Kier alpha value is -0.170. The van der Waals surface area contributed by atoms with Crippen LogP contribution in [-0.4, -0.2) is 40.6 Å². The van der Waals surface area contributed by atoms with Crippen molar-refractivity contribution in [3.05, 3.63) is 0 Å². The van der Waals surface area contributed by atoms with E-state index in [2.05, 4.69) is 20.8 Å². The Morgan fingerprint density at radius 3 is 1.95 bits per heavy atom. The molecule has 5 nitrogen and oxygen atoms in total. The van der Waals surface area contributed by atoms with E-state index in [-0.39, 0.29) is 11.2 Å². The number of hydrogen-bond donors (Lipinski definition) is 1. The second-order valence-electron chi connectivity index (χ2n) is 5.83. The van der Waals surface area contributed by atoms with Crippen LogP contribution >= 0.6 is 0 Å². The van der Waals surface area contributed by atoms with E-state index in [0.29, 0.717) is 19.8 Å². The number of unbranched alkanes of at least 4 members (excludes halogenated alkanes) is 1. The Morgan fingerprint density at radius 1 is 0.905 bits per heavy atom. The van der Waals surface area contributed by atoms with Crippen molar-refractivity contribution in [1.82, 2.24) is 0 Å². The molecule has 0 radical (unpaired) electrons. The quantitative estimate of drug-likeness (QED) is 0.499. The molecular weight excluding hydrogens is 290 g/mol. The van der Waals surface area contributed by atoms with Crippen LogP contribution in [0.2, 0.25) is 0 Å². The Balaban J connectivity index is 4.32. The Kier molecular flexibility index (Phi) is 11.3. The first kappa shape index (κ1) is 20.8. The SMILES string of the molecule is CCCCOCCOCC(CCC)(CCC)CS(N)(=O)=O. The lowest BCUT2D eigenvalue weighted by atomic mass is 9.82. The van der Waals surface area contributed by atoms with Crippen LogP contribution in [0.1, 0.15) is 59.3 Å². The van der Waals surface area contributed by atoms with Gasteiger partial charge in [0.2, 0.25) is 10.0 Å². The van der Waals surface area contributed by atoms with Crippen molar-refractivity contribution in [1.29, 1.82) is 0 Å². The minimum atomic E-state index is -3.49. The standard InChI is InChI=1S/C15H33NO4S/c1-4-7-10-19-11-12-20-13-15(8-5-2,9-6-3)14-21(16,17)18/h4-14H2,1-3H3,(H2,16,17,18). The third-order valence-corrected chi connectivity index (χ3v) is 4.51. The van der Waals surface area contributed by atoms with Crippen LogP contribution < -0.4 is 5.14 Å². The van der Waals surface area contributed by atoms with Gasteiger partial charge in [0.15, 0.2) is 0 Å². The molecule has 0 atom stereocenters. The predicted octanol–water partition coefficient (Wildman–Crippen LogP) is 2.69. The van der Waals surface area contributed by atoms with Crippen molar-refractivity contribution in [3.63, 3.8) is 0 Å². The van der Waals surface area contributed by atoms with E-state index < -0.39 is 10.0 Å². The molecule has 0 spiro atoms. The number of primary sulfonamides is 1. The van der Waals surface area contributed by atoms with E-state index in [1.165, 1.54) is 0 Å². The molecule has 0 heterocycles. The van der Waals surface area contributed by atoms with Crippen LogP contribution in [0.25, 0.3) is 0 Å². The number of sulfonamides is 1. The molecule has 128 valence electrons. The van der Waals surface area contributed by atoms with Crippen molar-refractivity contribution in [2.24, 2.45) is 10.6 Å². The zero-order valence-corrected chi connectivity index (χ0v) is 14.7. The molecule has 0 unspecified atom stereocenters. The van der Waals surface area contributed by atoms with Gasteiger partial charge in [-0.1, -0.05) is 40.0 Å². The molecule has 0 aliphatic rings. The number of nitrogens with two attached hydrogens (primary N) is 1. The molecule has 0 saturated heterocycles. The van der Waals surface area contributed by atoms with E-state index in [0.717, 1.165) is 45.1 Å². The average molecular weight is 323 g/mol. The van der Waals surface area contributed by atoms with Gasteiger partial charge in [0, 0.05) is 12.0 Å². The van der Waals surface area contributed by atoms with Gasteiger partial charge in [0.05, 0.1) is 25.6 Å². The monoisotopic (exact) mass is 323 g/mol. The second kappa shape index (κ2) is 11.4. The van der Waals surface area contributed by atoms with Crippen LogP contribution in [0.3, 0.4) is 0 Å². The minimum absolute atomic E-state index is 0.00162. The largest absolute Gasteiger partial charge is 0.379 e. The van der Waals surface area contributed by atoms with Crippen LogP contribution in [0, 0.1) is 5.41 Å². The fraction of sp³-hybridized carbons (Fsp3) is 1.00. The molecule has 0 saturated carbocycles. The number of rotatable bonds is 14. The number of ether oxygens (including phenoxy) is 2. The zero-order chi connectivity index (χ0) is 16.2. The maximum Gasteiger partial charge on any atom is 0.209 e. The van der Waals surface area contributed by atoms with Gasteiger partial charge in [-0.3, -0.25) is 0 Å². The van der Waals surface area contributed by atoms with Gasteiger partial charge in [-0.15, -0.1) is 0 Å². The highest BCUT2D eigenvalue weighted by atomic mass is 32.2. The topological polar surface area (TPSA) is 78.6 Å². The van der Waals surface area contributed by atoms with E-state index >= 15 is 0 Å². The first-order chi connectivity index (χ1) is 9.89. The van der Waals surface area contributed by atoms with Gasteiger partial charge in [0.1, 0.15) is 0 Å². The van der Waals surface area contributed by atoms with E-state index in [4.69, 9.17) is 14.6 Å². The van der Waals surface area contributed by atoms with Gasteiger partial charge in [-0.25, -0.2) is 13.6 Å².